The Bertz CT molecular complexity index is 1100. The Morgan fingerprint density at radius 2 is 1.88 bits per heavy atom. The van der Waals surface area contributed by atoms with Gasteiger partial charge in [0.1, 0.15) is 17.2 Å². The molecule has 3 heterocycles. The molecule has 0 atom stereocenters. The second-order valence-electron chi connectivity index (χ2n) is 5.69. The van der Waals surface area contributed by atoms with Crippen LogP contribution in [0.5, 0.6) is 0 Å². The standard InChI is InChI=1S/C18H14N6O2/c1-12-18(23-9-3-2-4-17(23)20-12)15-10-19-11-16(22-15)21-13-5-7-14(8-6-13)24(25)26/h2-11H,1H3,(H,21,22). The van der Waals surface area contributed by atoms with Crippen LogP contribution in [-0.2, 0) is 0 Å². The third kappa shape index (κ3) is 2.84. The van der Waals surface area contributed by atoms with Crippen LogP contribution < -0.4 is 5.32 Å². The van der Waals surface area contributed by atoms with Crippen molar-refractivity contribution in [1.82, 2.24) is 19.4 Å². The second-order valence-corrected chi connectivity index (χ2v) is 5.69. The number of non-ortho nitro benzene ring substituents is 1. The van der Waals surface area contributed by atoms with Crippen molar-refractivity contribution in [3.63, 3.8) is 0 Å². The Labute approximate surface area is 148 Å². The van der Waals surface area contributed by atoms with Crippen molar-refractivity contribution < 1.29 is 4.92 Å². The quantitative estimate of drug-likeness (QED) is 0.446. The third-order valence-electron chi connectivity index (χ3n) is 3.93. The van der Waals surface area contributed by atoms with Crippen molar-refractivity contribution in [2.24, 2.45) is 0 Å². The lowest BCUT2D eigenvalue weighted by Gasteiger charge is -2.07. The highest BCUT2D eigenvalue weighted by Gasteiger charge is 2.13. The molecule has 0 saturated heterocycles. The van der Waals surface area contributed by atoms with E-state index in [1.807, 2.05) is 35.7 Å². The van der Waals surface area contributed by atoms with Crippen LogP contribution in [0.15, 0.2) is 61.1 Å². The van der Waals surface area contributed by atoms with Gasteiger partial charge in [0.25, 0.3) is 5.69 Å². The van der Waals surface area contributed by atoms with Gasteiger partial charge < -0.3 is 5.32 Å². The van der Waals surface area contributed by atoms with E-state index >= 15 is 0 Å². The average molecular weight is 346 g/mol. The molecule has 0 amide bonds. The summed E-state index contributed by atoms with van der Waals surface area (Å²) >= 11 is 0. The Morgan fingerprint density at radius 3 is 2.65 bits per heavy atom. The zero-order valence-electron chi connectivity index (χ0n) is 13.8. The molecule has 4 rings (SSSR count). The summed E-state index contributed by atoms with van der Waals surface area (Å²) in [6, 6.07) is 11.9. The Hall–Kier alpha value is -3.81. The van der Waals surface area contributed by atoms with Crippen LogP contribution in [-0.4, -0.2) is 24.3 Å². The molecule has 3 aromatic heterocycles. The number of hydrogen-bond acceptors (Lipinski definition) is 6. The zero-order valence-corrected chi connectivity index (χ0v) is 13.8. The molecule has 8 nitrogen and oxygen atoms in total. The first-order valence-electron chi connectivity index (χ1n) is 7.89. The molecular weight excluding hydrogens is 332 g/mol. The predicted molar refractivity (Wildman–Crippen MR) is 97.3 cm³/mol. The number of aromatic nitrogens is 4. The topological polar surface area (TPSA) is 98.2 Å². The van der Waals surface area contributed by atoms with E-state index in [0.29, 0.717) is 17.2 Å². The highest BCUT2D eigenvalue weighted by molar-refractivity contribution is 5.66. The number of fused-ring (bicyclic) bond motifs is 1. The largest absolute Gasteiger partial charge is 0.339 e. The third-order valence-corrected chi connectivity index (χ3v) is 3.93. The van der Waals surface area contributed by atoms with Gasteiger partial charge in [-0.15, -0.1) is 0 Å². The van der Waals surface area contributed by atoms with Crippen LogP contribution in [0.4, 0.5) is 17.2 Å². The van der Waals surface area contributed by atoms with Gasteiger partial charge in [0.2, 0.25) is 0 Å². The van der Waals surface area contributed by atoms with E-state index in [0.717, 1.165) is 17.0 Å². The first kappa shape index (κ1) is 15.7. The van der Waals surface area contributed by atoms with Gasteiger partial charge in [-0.2, -0.15) is 0 Å². The Morgan fingerprint density at radius 1 is 1.08 bits per heavy atom. The lowest BCUT2D eigenvalue weighted by atomic mass is 10.2. The number of imidazole rings is 1. The van der Waals surface area contributed by atoms with Gasteiger partial charge in [0.15, 0.2) is 0 Å². The number of benzene rings is 1. The molecule has 128 valence electrons. The Balaban J connectivity index is 1.68. The van der Waals surface area contributed by atoms with Crippen molar-refractivity contribution >= 4 is 22.8 Å². The lowest BCUT2D eigenvalue weighted by molar-refractivity contribution is -0.384. The molecule has 0 aliphatic rings. The molecule has 4 aromatic rings. The molecule has 1 aromatic carbocycles. The number of nitro groups is 1. The van der Waals surface area contributed by atoms with E-state index in [-0.39, 0.29) is 5.69 Å². The predicted octanol–water partition coefficient (Wildman–Crippen LogP) is 3.75. The molecule has 0 bridgehead atoms. The molecular formula is C18H14N6O2. The number of pyridine rings is 1. The number of aryl methyl sites for hydroxylation is 1. The van der Waals surface area contributed by atoms with Gasteiger partial charge in [-0.05, 0) is 31.2 Å². The first-order chi connectivity index (χ1) is 12.6. The summed E-state index contributed by atoms with van der Waals surface area (Å²) in [7, 11) is 0. The van der Waals surface area contributed by atoms with E-state index in [4.69, 9.17) is 0 Å². The summed E-state index contributed by atoms with van der Waals surface area (Å²) in [5.41, 5.74) is 4.00. The van der Waals surface area contributed by atoms with E-state index in [9.17, 15) is 10.1 Å². The summed E-state index contributed by atoms with van der Waals surface area (Å²) in [4.78, 5) is 23.7. The van der Waals surface area contributed by atoms with Gasteiger partial charge in [0, 0.05) is 24.0 Å². The van der Waals surface area contributed by atoms with Crippen LogP contribution in [0.3, 0.4) is 0 Å². The van der Waals surface area contributed by atoms with E-state index < -0.39 is 4.92 Å². The maximum absolute atomic E-state index is 10.7. The van der Waals surface area contributed by atoms with Gasteiger partial charge in [0.05, 0.1) is 28.7 Å². The van der Waals surface area contributed by atoms with Gasteiger partial charge >= 0.3 is 0 Å². The van der Waals surface area contributed by atoms with Crippen molar-refractivity contribution in [3.8, 4) is 11.4 Å². The molecule has 0 spiro atoms. The number of nitrogens with one attached hydrogen (secondary N) is 1. The normalized spacial score (nSPS) is 10.8. The minimum atomic E-state index is -0.433. The van der Waals surface area contributed by atoms with Crippen LogP contribution in [0, 0.1) is 17.0 Å². The van der Waals surface area contributed by atoms with Crippen LogP contribution in [0.1, 0.15) is 5.69 Å². The molecule has 0 saturated carbocycles. The maximum atomic E-state index is 10.7. The Kier molecular flexibility index (Phi) is 3.77. The number of nitrogens with zero attached hydrogens (tertiary/aromatic N) is 5. The van der Waals surface area contributed by atoms with E-state index in [1.165, 1.54) is 12.1 Å². The first-order valence-corrected chi connectivity index (χ1v) is 7.89. The second kappa shape index (κ2) is 6.25. The minimum Gasteiger partial charge on any atom is -0.339 e. The molecule has 1 N–H and O–H groups in total. The highest BCUT2D eigenvalue weighted by Crippen LogP contribution is 2.25. The molecule has 0 radical (unpaired) electrons. The summed E-state index contributed by atoms with van der Waals surface area (Å²) in [5, 5.41) is 13.9. The van der Waals surface area contributed by atoms with E-state index in [2.05, 4.69) is 20.3 Å². The van der Waals surface area contributed by atoms with Crippen LogP contribution >= 0.6 is 0 Å². The molecule has 0 aliphatic carbocycles. The van der Waals surface area contributed by atoms with Gasteiger partial charge in [-0.25, -0.2) is 9.97 Å². The smallest absolute Gasteiger partial charge is 0.269 e. The van der Waals surface area contributed by atoms with Crippen molar-refractivity contribution in [2.45, 2.75) is 6.92 Å². The summed E-state index contributed by atoms with van der Waals surface area (Å²) in [6.45, 7) is 1.93. The van der Waals surface area contributed by atoms with Crippen LogP contribution in [0.25, 0.3) is 17.0 Å². The summed E-state index contributed by atoms with van der Waals surface area (Å²) < 4.78 is 1.97. The van der Waals surface area contributed by atoms with Crippen molar-refractivity contribution in [1.29, 1.82) is 0 Å². The summed E-state index contributed by atoms with van der Waals surface area (Å²) in [5.74, 6) is 0.543. The van der Waals surface area contributed by atoms with Crippen molar-refractivity contribution in [2.75, 3.05) is 5.32 Å². The SMILES string of the molecule is Cc1nc2ccccn2c1-c1cncc(Nc2ccc([N+](=O)[O-])cc2)n1. The summed E-state index contributed by atoms with van der Waals surface area (Å²) in [6.07, 6.45) is 5.22. The fraction of sp³-hybridized carbons (Fsp3) is 0.0556. The fourth-order valence-electron chi connectivity index (χ4n) is 2.78. The maximum Gasteiger partial charge on any atom is 0.269 e. The minimum absolute atomic E-state index is 0.0386. The van der Waals surface area contributed by atoms with Gasteiger partial charge in [-0.3, -0.25) is 19.5 Å². The van der Waals surface area contributed by atoms with E-state index in [1.54, 1.807) is 24.5 Å². The average Bonchev–Trinajstić information content (AvgIpc) is 2.98. The molecule has 26 heavy (non-hydrogen) atoms. The number of anilines is 2. The number of hydrogen-bond donors (Lipinski definition) is 1. The number of rotatable bonds is 4. The monoisotopic (exact) mass is 346 g/mol. The fourth-order valence-corrected chi connectivity index (χ4v) is 2.78. The molecule has 8 heteroatoms. The molecule has 0 aliphatic heterocycles. The van der Waals surface area contributed by atoms with Gasteiger partial charge in [-0.1, -0.05) is 6.07 Å². The zero-order chi connectivity index (χ0) is 18.1. The molecule has 0 unspecified atom stereocenters. The highest BCUT2D eigenvalue weighted by atomic mass is 16.6. The lowest BCUT2D eigenvalue weighted by Crippen LogP contribution is -1.98. The molecule has 0 fully saturated rings. The van der Waals surface area contributed by atoms with Crippen molar-refractivity contribution in [3.05, 3.63) is 76.9 Å². The van der Waals surface area contributed by atoms with Crippen LogP contribution in [0.2, 0.25) is 0 Å². The number of nitro benzene ring substituents is 1.